The molecule has 2 heterocycles. The van der Waals surface area contributed by atoms with Gasteiger partial charge in [-0.25, -0.2) is 16.8 Å². The third-order valence-electron chi connectivity index (χ3n) is 15.1. The van der Waals surface area contributed by atoms with Crippen molar-refractivity contribution >= 4 is 80.7 Å². The first-order valence-corrected chi connectivity index (χ1v) is 32.1. The molecule has 2 aliphatic heterocycles. The summed E-state index contributed by atoms with van der Waals surface area (Å²) in [5.74, 6) is 0. The number of fused-ring (bicyclic) bond motifs is 2. The topological polar surface area (TPSA) is 145 Å². The minimum absolute atomic E-state index is 0. The molecule has 75 heavy (non-hydrogen) atoms. The number of anilines is 4. The molecule has 0 amide bonds. The van der Waals surface area contributed by atoms with Gasteiger partial charge in [0.25, 0.3) is 0 Å². The molecule has 10 nitrogen and oxygen atoms in total. The van der Waals surface area contributed by atoms with Gasteiger partial charge < -0.3 is 29.5 Å². The minimum Gasteiger partial charge on any atom is -0.744 e. The Morgan fingerprint density at radius 2 is 0.653 bits per heavy atom. The molecule has 412 valence electrons. The zero-order valence-electron chi connectivity index (χ0n) is 46.3. The molecule has 0 spiro atoms. The van der Waals surface area contributed by atoms with Crippen molar-refractivity contribution in [3.63, 3.8) is 0 Å². The predicted molar refractivity (Wildman–Crippen MR) is 314 cm³/mol. The number of rotatable bonds is 38. The second kappa shape index (κ2) is 37.1. The Labute approximate surface area is 485 Å². The van der Waals surface area contributed by atoms with E-state index in [-0.39, 0.29) is 59.9 Å². The summed E-state index contributed by atoms with van der Waals surface area (Å²) in [6, 6.07) is 30.0. The maximum atomic E-state index is 11.5. The van der Waals surface area contributed by atoms with Crippen molar-refractivity contribution < 1.29 is 25.9 Å². The minimum atomic E-state index is -4.47. The molecule has 0 saturated carbocycles. The molecule has 2 aliphatic rings. The largest absolute Gasteiger partial charge is 2.00 e. The van der Waals surface area contributed by atoms with Crippen LogP contribution in [0.4, 0.5) is 22.7 Å². The maximum Gasteiger partial charge on any atom is 2.00 e. The van der Waals surface area contributed by atoms with E-state index in [2.05, 4.69) is 58.5 Å². The van der Waals surface area contributed by atoms with Gasteiger partial charge in [0, 0.05) is 13.1 Å². The third kappa shape index (κ3) is 24.8. The van der Waals surface area contributed by atoms with Crippen LogP contribution in [-0.2, 0) is 33.3 Å². The van der Waals surface area contributed by atoms with E-state index >= 15 is 0 Å². The number of nitrogens with zero attached hydrogens (tertiary/aromatic N) is 2. The molecule has 2 unspecified atom stereocenters. The van der Waals surface area contributed by atoms with Gasteiger partial charge in [-0.05, 0) is 73.2 Å². The average molecular weight is 1100 g/mol. The molecule has 0 radical (unpaired) electrons. The van der Waals surface area contributed by atoms with Crippen LogP contribution in [0.15, 0.2) is 107 Å². The number of nitrogens with one attached hydrogen (secondary N) is 2. The smallest absolute Gasteiger partial charge is 0.744 e. The summed E-state index contributed by atoms with van der Waals surface area (Å²) in [6.45, 7) is 6.04. The molecule has 0 aromatic heterocycles. The Morgan fingerprint density at radius 3 is 0.920 bits per heavy atom. The second-order valence-corrected chi connectivity index (χ2v) is 24.0. The van der Waals surface area contributed by atoms with Crippen molar-refractivity contribution in [2.75, 3.05) is 20.4 Å². The van der Waals surface area contributed by atoms with Gasteiger partial charge in [-0.1, -0.05) is 254 Å². The molecule has 4 aromatic carbocycles. The van der Waals surface area contributed by atoms with Crippen molar-refractivity contribution in [3.8, 4) is 0 Å². The van der Waals surface area contributed by atoms with E-state index in [0.29, 0.717) is 0 Å². The molecule has 2 atom stereocenters. The standard InChI is InChI=1S/2C31H48N2O3S.Ca/c2*1-2-3-4-5-6-7-8-9-10-11-12-13-14-15-19-22-31-32-29-25-28(37(34,35)36)23-24-30(29)33(31)26-27-20-17-16-18-21-27;/h2*16-18,20-21,23-25,31-32H,2-15,19,22,26H2,1H3,(H,34,35,36);/q;;+2/p-2. The van der Waals surface area contributed by atoms with E-state index in [4.69, 9.17) is 0 Å². The van der Waals surface area contributed by atoms with Crippen LogP contribution in [0.3, 0.4) is 0 Å². The SMILES string of the molecule is CCCCCCCCCCCCCCCCCC1Nc2cc(S(=O)(=O)[O-])ccc2N1Cc1ccccc1.CCCCCCCCCCCCCCCCCC1Nc2cc(S(=O)(=O)[O-])ccc2N1Cc1ccccc1.[Ca+2]. The monoisotopic (exact) mass is 1090 g/mol. The van der Waals surface area contributed by atoms with Gasteiger partial charge in [-0.2, -0.15) is 0 Å². The molecular formula is C62H94CaN4O6S2. The first-order valence-electron chi connectivity index (χ1n) is 29.3. The zero-order valence-corrected chi connectivity index (χ0v) is 50.1. The van der Waals surface area contributed by atoms with Crippen LogP contribution in [0.25, 0.3) is 0 Å². The fraction of sp³-hybridized carbons (Fsp3) is 0.613. The predicted octanol–water partition coefficient (Wildman–Crippen LogP) is 16.8. The van der Waals surface area contributed by atoms with Crippen LogP contribution in [0.2, 0.25) is 0 Å². The summed E-state index contributed by atoms with van der Waals surface area (Å²) in [4.78, 5) is 4.25. The summed E-state index contributed by atoms with van der Waals surface area (Å²) < 4.78 is 69.1. The number of hydrogen-bond acceptors (Lipinski definition) is 10. The fourth-order valence-corrected chi connectivity index (χ4v) is 11.7. The normalized spacial score (nSPS) is 14.9. The Bertz CT molecular complexity index is 2190. The van der Waals surface area contributed by atoms with Crippen molar-refractivity contribution in [1.29, 1.82) is 0 Å². The first kappa shape index (κ1) is 64.7. The van der Waals surface area contributed by atoms with Crippen molar-refractivity contribution in [3.05, 3.63) is 108 Å². The molecule has 0 bridgehead atoms. The third-order valence-corrected chi connectivity index (χ3v) is 16.7. The molecular weight excluding hydrogens is 1000 g/mol. The van der Waals surface area contributed by atoms with Gasteiger partial charge in [0.05, 0.1) is 44.9 Å². The summed E-state index contributed by atoms with van der Waals surface area (Å²) in [5, 5.41) is 6.98. The van der Waals surface area contributed by atoms with Gasteiger partial charge in [-0.3, -0.25) is 0 Å². The van der Waals surface area contributed by atoms with Crippen LogP contribution < -0.4 is 20.4 Å². The number of hydrogen-bond donors (Lipinski definition) is 2. The van der Waals surface area contributed by atoms with Crippen LogP contribution in [0.1, 0.15) is 230 Å². The summed E-state index contributed by atoms with van der Waals surface area (Å²) in [5.41, 5.74) is 5.81. The van der Waals surface area contributed by atoms with E-state index in [9.17, 15) is 25.9 Å². The zero-order chi connectivity index (χ0) is 52.7. The van der Waals surface area contributed by atoms with Crippen molar-refractivity contribution in [1.82, 2.24) is 0 Å². The Morgan fingerprint density at radius 1 is 0.387 bits per heavy atom. The Hall–Kier alpha value is -2.84. The van der Waals surface area contributed by atoms with Crippen molar-refractivity contribution in [2.45, 2.75) is 255 Å². The molecule has 0 fully saturated rings. The fourth-order valence-electron chi connectivity index (χ4n) is 10.7. The summed E-state index contributed by atoms with van der Waals surface area (Å²) in [6.07, 6.45) is 42.6. The van der Waals surface area contributed by atoms with Gasteiger partial charge in [0.1, 0.15) is 20.2 Å². The molecule has 13 heteroatoms. The molecule has 0 aliphatic carbocycles. The summed E-state index contributed by atoms with van der Waals surface area (Å²) >= 11 is 0. The molecule has 0 saturated heterocycles. The van der Waals surface area contributed by atoms with E-state index in [0.717, 1.165) is 61.5 Å². The van der Waals surface area contributed by atoms with Crippen LogP contribution in [-0.4, -0.2) is 76.0 Å². The first-order chi connectivity index (χ1) is 36.0. The van der Waals surface area contributed by atoms with Gasteiger partial charge >= 0.3 is 37.7 Å². The number of unbranched alkanes of at least 4 members (excludes halogenated alkanes) is 28. The second-order valence-electron chi connectivity index (χ2n) is 21.3. The molecule has 2 N–H and O–H groups in total. The van der Waals surface area contributed by atoms with E-state index < -0.39 is 20.2 Å². The van der Waals surface area contributed by atoms with E-state index in [1.165, 1.54) is 215 Å². The van der Waals surface area contributed by atoms with Crippen LogP contribution in [0.5, 0.6) is 0 Å². The van der Waals surface area contributed by atoms with Crippen molar-refractivity contribution in [2.24, 2.45) is 0 Å². The number of benzene rings is 4. The van der Waals surface area contributed by atoms with Gasteiger partial charge in [0.15, 0.2) is 0 Å². The van der Waals surface area contributed by atoms with Gasteiger partial charge in [-0.15, -0.1) is 0 Å². The maximum absolute atomic E-state index is 11.5. The van der Waals surface area contributed by atoms with Gasteiger partial charge in [0.2, 0.25) is 0 Å². The van der Waals surface area contributed by atoms with E-state index in [1.807, 2.05) is 36.4 Å². The van der Waals surface area contributed by atoms with Crippen LogP contribution >= 0.6 is 0 Å². The molecule has 6 rings (SSSR count). The van der Waals surface area contributed by atoms with E-state index in [1.54, 1.807) is 12.1 Å². The Balaban J connectivity index is 0.000000320. The average Bonchev–Trinajstić information content (AvgIpc) is 3.92. The quantitative estimate of drug-likeness (QED) is 0.0253. The summed E-state index contributed by atoms with van der Waals surface area (Å²) in [7, 11) is -8.94. The Kier molecular flexibility index (Phi) is 32.0. The van der Waals surface area contributed by atoms with Crippen LogP contribution in [0, 0.1) is 0 Å². The molecule has 4 aromatic rings.